The Morgan fingerprint density at radius 3 is 2.39 bits per heavy atom. The Balaban J connectivity index is 1.37. The number of nitrogens with one attached hydrogen (secondary N) is 1. The van der Waals surface area contributed by atoms with E-state index in [0.29, 0.717) is 11.6 Å². The highest BCUT2D eigenvalue weighted by molar-refractivity contribution is 7.14. The van der Waals surface area contributed by atoms with Crippen LogP contribution in [0.2, 0.25) is 0 Å². The van der Waals surface area contributed by atoms with Crippen molar-refractivity contribution in [2.45, 2.75) is 19.8 Å². The molecule has 4 rings (SSSR count). The maximum atomic E-state index is 12.4. The average Bonchev–Trinajstić information content (AvgIpc) is 3.23. The Labute approximate surface area is 186 Å². The number of thiazole rings is 1. The van der Waals surface area contributed by atoms with E-state index in [9.17, 15) is 4.79 Å². The van der Waals surface area contributed by atoms with Crippen LogP contribution < -0.4 is 10.1 Å². The number of amides is 1. The van der Waals surface area contributed by atoms with Gasteiger partial charge in [0.25, 0.3) is 0 Å². The number of hydrogen-bond donors (Lipinski definition) is 1. The fraction of sp³-hybridized carbons (Fsp3) is 0.154. The van der Waals surface area contributed by atoms with Crippen molar-refractivity contribution in [3.63, 3.8) is 0 Å². The molecular weight excluding hydrogens is 404 g/mol. The summed E-state index contributed by atoms with van der Waals surface area (Å²) < 4.78 is 5.27. The summed E-state index contributed by atoms with van der Waals surface area (Å²) in [6.07, 6.45) is 1.21. The first-order valence-electron chi connectivity index (χ1n) is 10.1. The molecule has 0 saturated carbocycles. The van der Waals surface area contributed by atoms with Crippen LogP contribution in [0, 0.1) is 6.92 Å². The van der Waals surface area contributed by atoms with Gasteiger partial charge >= 0.3 is 0 Å². The second-order valence-corrected chi connectivity index (χ2v) is 8.28. The van der Waals surface area contributed by atoms with Gasteiger partial charge in [-0.3, -0.25) is 4.79 Å². The number of anilines is 1. The summed E-state index contributed by atoms with van der Waals surface area (Å²) in [4.78, 5) is 17.0. The van der Waals surface area contributed by atoms with Crippen LogP contribution >= 0.6 is 11.3 Å². The van der Waals surface area contributed by atoms with E-state index in [1.165, 1.54) is 22.5 Å². The minimum Gasteiger partial charge on any atom is -0.496 e. The van der Waals surface area contributed by atoms with Gasteiger partial charge in [0.2, 0.25) is 5.91 Å². The highest BCUT2D eigenvalue weighted by atomic mass is 32.1. The van der Waals surface area contributed by atoms with Crippen molar-refractivity contribution in [3.8, 4) is 17.0 Å². The van der Waals surface area contributed by atoms with Gasteiger partial charge < -0.3 is 10.1 Å². The number of methoxy groups -OCH3 is 1. The molecule has 0 aliphatic heterocycles. The van der Waals surface area contributed by atoms with E-state index in [1.54, 1.807) is 7.11 Å². The van der Waals surface area contributed by atoms with Crippen LogP contribution in [0.1, 0.15) is 22.3 Å². The summed E-state index contributed by atoms with van der Waals surface area (Å²) in [7, 11) is 1.64. The highest BCUT2D eigenvalue weighted by Gasteiger charge is 2.10. The van der Waals surface area contributed by atoms with Crippen molar-refractivity contribution in [2.75, 3.05) is 12.4 Å². The lowest BCUT2D eigenvalue weighted by molar-refractivity contribution is -0.115. The average molecular weight is 429 g/mol. The summed E-state index contributed by atoms with van der Waals surface area (Å²) in [6, 6.07) is 24.6. The molecule has 0 atom stereocenters. The quantitative estimate of drug-likeness (QED) is 0.399. The molecule has 0 spiro atoms. The van der Waals surface area contributed by atoms with E-state index in [2.05, 4.69) is 58.8 Å². The number of hydrogen-bond acceptors (Lipinski definition) is 4. The number of aryl methyl sites for hydroxylation is 1. The van der Waals surface area contributed by atoms with Crippen LogP contribution in [0.25, 0.3) is 11.3 Å². The molecule has 156 valence electrons. The first-order valence-corrected chi connectivity index (χ1v) is 11.0. The number of nitrogens with zero attached hydrogens (tertiary/aromatic N) is 1. The number of benzene rings is 3. The molecule has 0 unspecified atom stereocenters. The molecule has 0 aliphatic carbocycles. The number of carbonyl (C=O) groups excluding carboxylic acids is 1. The zero-order valence-electron chi connectivity index (χ0n) is 17.6. The lowest BCUT2D eigenvalue weighted by Crippen LogP contribution is -2.14. The van der Waals surface area contributed by atoms with E-state index in [-0.39, 0.29) is 5.91 Å². The SMILES string of the molecule is COc1ccc(CC(=O)Nc2nc(-c3ccc(Cc4ccccc4)cc3)cs2)cc1C. The maximum Gasteiger partial charge on any atom is 0.230 e. The van der Waals surface area contributed by atoms with E-state index in [1.807, 2.05) is 36.6 Å². The molecule has 0 fully saturated rings. The van der Waals surface area contributed by atoms with Crippen molar-refractivity contribution < 1.29 is 9.53 Å². The van der Waals surface area contributed by atoms with E-state index >= 15 is 0 Å². The van der Waals surface area contributed by atoms with Crippen molar-refractivity contribution >= 4 is 22.4 Å². The van der Waals surface area contributed by atoms with Gasteiger partial charge in [0.05, 0.1) is 19.2 Å². The Morgan fingerprint density at radius 2 is 1.68 bits per heavy atom. The smallest absolute Gasteiger partial charge is 0.230 e. The molecule has 1 heterocycles. The van der Waals surface area contributed by atoms with Gasteiger partial charge in [0.1, 0.15) is 5.75 Å². The van der Waals surface area contributed by atoms with Crippen LogP contribution in [-0.4, -0.2) is 18.0 Å². The van der Waals surface area contributed by atoms with Crippen molar-refractivity contribution in [2.24, 2.45) is 0 Å². The third-order valence-electron chi connectivity index (χ3n) is 5.08. The van der Waals surface area contributed by atoms with Crippen LogP contribution in [0.4, 0.5) is 5.13 Å². The van der Waals surface area contributed by atoms with Crippen LogP contribution in [-0.2, 0) is 17.6 Å². The number of rotatable bonds is 7. The fourth-order valence-corrected chi connectivity index (χ4v) is 4.22. The van der Waals surface area contributed by atoms with Crippen LogP contribution in [0.15, 0.2) is 78.2 Å². The number of ether oxygens (including phenoxy) is 1. The van der Waals surface area contributed by atoms with Crippen LogP contribution in [0.5, 0.6) is 5.75 Å². The van der Waals surface area contributed by atoms with Crippen molar-refractivity contribution in [3.05, 3.63) is 100 Å². The van der Waals surface area contributed by atoms with Gasteiger partial charge in [-0.2, -0.15) is 0 Å². The first-order chi connectivity index (χ1) is 15.1. The van der Waals surface area contributed by atoms with E-state index in [4.69, 9.17) is 4.74 Å². The third kappa shape index (κ3) is 5.38. The Hall–Kier alpha value is -3.44. The van der Waals surface area contributed by atoms with Gasteiger partial charge in [-0.1, -0.05) is 66.7 Å². The minimum atomic E-state index is -0.0799. The molecule has 1 amide bonds. The number of aromatic nitrogens is 1. The van der Waals surface area contributed by atoms with E-state index < -0.39 is 0 Å². The molecule has 0 bridgehead atoms. The molecule has 0 saturated heterocycles. The predicted octanol–water partition coefficient (Wildman–Crippen LogP) is 5.90. The molecule has 31 heavy (non-hydrogen) atoms. The molecule has 3 aromatic carbocycles. The first kappa shape index (κ1) is 20.8. The van der Waals surface area contributed by atoms with E-state index in [0.717, 1.165) is 34.6 Å². The van der Waals surface area contributed by atoms with Gasteiger partial charge in [-0.05, 0) is 41.7 Å². The molecular formula is C26H24N2O2S. The fourth-order valence-electron chi connectivity index (χ4n) is 3.49. The van der Waals surface area contributed by atoms with Crippen molar-refractivity contribution in [1.82, 2.24) is 4.98 Å². The zero-order chi connectivity index (χ0) is 21.6. The summed E-state index contributed by atoms with van der Waals surface area (Å²) in [5, 5.41) is 5.49. The zero-order valence-corrected chi connectivity index (χ0v) is 18.4. The highest BCUT2D eigenvalue weighted by Crippen LogP contribution is 2.26. The lowest BCUT2D eigenvalue weighted by atomic mass is 10.0. The maximum absolute atomic E-state index is 12.4. The van der Waals surface area contributed by atoms with Gasteiger partial charge in [0, 0.05) is 10.9 Å². The lowest BCUT2D eigenvalue weighted by Gasteiger charge is -2.07. The molecule has 0 radical (unpaired) electrons. The topological polar surface area (TPSA) is 51.2 Å². The normalized spacial score (nSPS) is 10.6. The molecule has 4 nitrogen and oxygen atoms in total. The second-order valence-electron chi connectivity index (χ2n) is 7.43. The monoisotopic (exact) mass is 428 g/mol. The third-order valence-corrected chi connectivity index (χ3v) is 5.83. The predicted molar refractivity (Wildman–Crippen MR) is 127 cm³/mol. The number of carbonyl (C=O) groups is 1. The molecule has 0 aliphatic rings. The Kier molecular flexibility index (Phi) is 6.43. The Bertz CT molecular complexity index is 1170. The van der Waals surface area contributed by atoms with Gasteiger partial charge in [-0.15, -0.1) is 11.3 Å². The molecule has 5 heteroatoms. The van der Waals surface area contributed by atoms with Gasteiger partial charge in [0.15, 0.2) is 5.13 Å². The van der Waals surface area contributed by atoms with Crippen LogP contribution in [0.3, 0.4) is 0 Å². The minimum absolute atomic E-state index is 0.0799. The Morgan fingerprint density at radius 1 is 0.968 bits per heavy atom. The molecule has 1 N–H and O–H groups in total. The summed E-state index contributed by atoms with van der Waals surface area (Å²) >= 11 is 1.44. The van der Waals surface area contributed by atoms with Gasteiger partial charge in [-0.25, -0.2) is 4.98 Å². The second kappa shape index (κ2) is 9.58. The largest absolute Gasteiger partial charge is 0.496 e. The summed E-state index contributed by atoms with van der Waals surface area (Å²) in [6.45, 7) is 1.97. The summed E-state index contributed by atoms with van der Waals surface area (Å²) in [5.41, 5.74) is 6.42. The van der Waals surface area contributed by atoms with Crippen molar-refractivity contribution in [1.29, 1.82) is 0 Å². The summed E-state index contributed by atoms with van der Waals surface area (Å²) in [5.74, 6) is 0.743. The standard InChI is InChI=1S/C26H24N2O2S/c1-18-14-21(10-13-24(18)30-2)16-25(29)28-26-27-23(17-31-26)22-11-8-20(9-12-22)15-19-6-4-3-5-7-19/h3-14,17H,15-16H2,1-2H3,(H,27,28,29). The molecule has 1 aromatic heterocycles. The molecule has 4 aromatic rings.